The lowest BCUT2D eigenvalue weighted by atomic mass is 9.98. The molecule has 1 atom stereocenters. The van der Waals surface area contributed by atoms with E-state index in [1.165, 1.54) is 24.4 Å². The molecule has 1 saturated heterocycles. The summed E-state index contributed by atoms with van der Waals surface area (Å²) in [5.74, 6) is 0.255. The first kappa shape index (κ1) is 17.2. The molecule has 1 aromatic heterocycles. The Hall–Kier alpha value is -2.63. The number of aryl methyl sites for hydroxylation is 1. The average Bonchev–Trinajstić information content (AvgIpc) is 2.61. The van der Waals surface area contributed by atoms with Crippen LogP contribution >= 0.6 is 0 Å². The van der Waals surface area contributed by atoms with Gasteiger partial charge in [-0.1, -0.05) is 0 Å². The molecule has 1 aliphatic rings. The summed E-state index contributed by atoms with van der Waals surface area (Å²) in [6, 6.07) is 7.33. The molecule has 2 heterocycles. The minimum atomic E-state index is -0.301. The minimum Gasteiger partial charge on any atom is -0.493 e. The summed E-state index contributed by atoms with van der Waals surface area (Å²) in [4.78, 5) is 29.3. The maximum Gasteiger partial charge on any atom is 0.259 e. The van der Waals surface area contributed by atoms with Crippen LogP contribution in [0.1, 0.15) is 28.9 Å². The molecule has 0 radical (unpaired) electrons. The standard InChI is InChI=1S/C19H21FN2O3/c1-13-9-18(23)17(10-21-13)19(24)22-8-2-3-14(11-22)12-25-16-6-4-15(20)5-7-16/h4-7,9-10,14H,2-3,8,11-12H2,1H3,(H,21,23)/t14-/m1/s1. The molecule has 0 saturated carbocycles. The van der Waals surface area contributed by atoms with E-state index >= 15 is 0 Å². The summed E-state index contributed by atoms with van der Waals surface area (Å²) < 4.78 is 18.6. The highest BCUT2D eigenvalue weighted by atomic mass is 19.1. The lowest BCUT2D eigenvalue weighted by Crippen LogP contribution is -2.43. The van der Waals surface area contributed by atoms with Crippen LogP contribution in [0, 0.1) is 18.7 Å². The van der Waals surface area contributed by atoms with E-state index in [0.717, 1.165) is 18.5 Å². The number of halogens is 1. The highest BCUT2D eigenvalue weighted by molar-refractivity contribution is 5.93. The topological polar surface area (TPSA) is 62.4 Å². The van der Waals surface area contributed by atoms with Gasteiger partial charge in [0, 0.05) is 37.0 Å². The highest BCUT2D eigenvalue weighted by Gasteiger charge is 2.26. The number of ether oxygens (including phenoxy) is 1. The van der Waals surface area contributed by atoms with Gasteiger partial charge < -0.3 is 14.6 Å². The van der Waals surface area contributed by atoms with Crippen LogP contribution in [0.15, 0.2) is 41.3 Å². The van der Waals surface area contributed by atoms with E-state index in [4.69, 9.17) is 4.74 Å². The van der Waals surface area contributed by atoms with Gasteiger partial charge in [0.05, 0.1) is 6.61 Å². The molecule has 132 valence electrons. The van der Waals surface area contributed by atoms with E-state index < -0.39 is 0 Å². The number of nitrogens with one attached hydrogen (secondary N) is 1. The molecule has 1 amide bonds. The monoisotopic (exact) mass is 344 g/mol. The van der Waals surface area contributed by atoms with Crippen LogP contribution in [0.25, 0.3) is 0 Å². The number of likely N-dealkylation sites (tertiary alicyclic amines) is 1. The number of carbonyl (C=O) groups excluding carboxylic acids is 1. The van der Waals surface area contributed by atoms with Gasteiger partial charge in [-0.05, 0) is 44.0 Å². The largest absolute Gasteiger partial charge is 0.493 e. The molecule has 1 fully saturated rings. The molecule has 3 rings (SSSR count). The fraction of sp³-hybridized carbons (Fsp3) is 0.368. The Kier molecular flexibility index (Phi) is 5.16. The van der Waals surface area contributed by atoms with E-state index in [2.05, 4.69) is 4.98 Å². The zero-order valence-electron chi connectivity index (χ0n) is 14.1. The maximum absolute atomic E-state index is 12.9. The second kappa shape index (κ2) is 7.51. The van der Waals surface area contributed by atoms with E-state index in [1.807, 2.05) is 0 Å². The average molecular weight is 344 g/mol. The number of rotatable bonds is 4. The van der Waals surface area contributed by atoms with Crippen LogP contribution < -0.4 is 10.2 Å². The van der Waals surface area contributed by atoms with Crippen molar-refractivity contribution in [2.75, 3.05) is 19.7 Å². The quantitative estimate of drug-likeness (QED) is 0.928. The van der Waals surface area contributed by atoms with E-state index in [9.17, 15) is 14.0 Å². The second-order valence-corrected chi connectivity index (χ2v) is 6.42. The van der Waals surface area contributed by atoms with Crippen LogP contribution in [0.4, 0.5) is 4.39 Å². The number of H-pyrrole nitrogens is 1. The number of hydrogen-bond acceptors (Lipinski definition) is 3. The maximum atomic E-state index is 12.9. The second-order valence-electron chi connectivity index (χ2n) is 6.42. The predicted molar refractivity (Wildman–Crippen MR) is 92.3 cm³/mol. The van der Waals surface area contributed by atoms with Crippen molar-refractivity contribution in [3.05, 3.63) is 63.8 Å². The molecular formula is C19H21FN2O3. The molecule has 5 nitrogen and oxygen atoms in total. The predicted octanol–water partition coefficient (Wildman–Crippen LogP) is 2.75. The molecule has 25 heavy (non-hydrogen) atoms. The van der Waals surface area contributed by atoms with Crippen molar-refractivity contribution >= 4 is 5.91 Å². The lowest BCUT2D eigenvalue weighted by molar-refractivity contribution is 0.0631. The van der Waals surface area contributed by atoms with Crippen LogP contribution in [0.2, 0.25) is 0 Å². The van der Waals surface area contributed by atoms with Gasteiger partial charge in [-0.3, -0.25) is 9.59 Å². The van der Waals surface area contributed by atoms with Crippen LogP contribution in [-0.4, -0.2) is 35.5 Å². The Morgan fingerprint density at radius 2 is 2.12 bits per heavy atom. The number of piperidine rings is 1. The molecule has 0 spiro atoms. The summed E-state index contributed by atoms with van der Waals surface area (Å²) in [6.45, 7) is 3.42. The van der Waals surface area contributed by atoms with Gasteiger partial charge in [-0.2, -0.15) is 0 Å². The number of nitrogens with zero attached hydrogens (tertiary/aromatic N) is 1. The first-order valence-corrected chi connectivity index (χ1v) is 8.40. The number of benzene rings is 1. The van der Waals surface area contributed by atoms with Gasteiger partial charge in [0.2, 0.25) is 0 Å². The Morgan fingerprint density at radius 1 is 1.36 bits per heavy atom. The fourth-order valence-corrected chi connectivity index (χ4v) is 3.04. The summed E-state index contributed by atoms with van der Waals surface area (Å²) in [7, 11) is 0. The van der Waals surface area contributed by atoms with Crippen molar-refractivity contribution in [2.45, 2.75) is 19.8 Å². The molecule has 0 aliphatic carbocycles. The van der Waals surface area contributed by atoms with Gasteiger partial charge in [-0.15, -0.1) is 0 Å². The van der Waals surface area contributed by atoms with Crippen LogP contribution in [0.3, 0.4) is 0 Å². The van der Waals surface area contributed by atoms with Gasteiger partial charge in [0.15, 0.2) is 5.43 Å². The number of hydrogen-bond donors (Lipinski definition) is 1. The molecule has 1 N–H and O–H groups in total. The molecule has 6 heteroatoms. The fourth-order valence-electron chi connectivity index (χ4n) is 3.04. The molecule has 0 unspecified atom stereocenters. The van der Waals surface area contributed by atoms with Crippen molar-refractivity contribution in [3.8, 4) is 5.75 Å². The smallest absolute Gasteiger partial charge is 0.259 e. The third-order valence-electron chi connectivity index (χ3n) is 4.39. The SMILES string of the molecule is Cc1cc(=O)c(C(=O)N2CCC[C@@H](COc3ccc(F)cc3)C2)c[nH]1. The number of aromatic amines is 1. The summed E-state index contributed by atoms with van der Waals surface area (Å²) in [5.41, 5.74) is 0.641. The first-order valence-electron chi connectivity index (χ1n) is 8.40. The lowest BCUT2D eigenvalue weighted by Gasteiger charge is -2.32. The number of carbonyl (C=O) groups is 1. The highest BCUT2D eigenvalue weighted by Crippen LogP contribution is 2.20. The molecular weight excluding hydrogens is 323 g/mol. The normalized spacial score (nSPS) is 17.4. The van der Waals surface area contributed by atoms with Crippen molar-refractivity contribution in [1.82, 2.24) is 9.88 Å². The minimum absolute atomic E-state index is 0.172. The summed E-state index contributed by atoms with van der Waals surface area (Å²) in [6.07, 6.45) is 3.31. The number of pyridine rings is 1. The van der Waals surface area contributed by atoms with Crippen molar-refractivity contribution in [2.24, 2.45) is 5.92 Å². The van der Waals surface area contributed by atoms with Crippen LogP contribution in [-0.2, 0) is 0 Å². The summed E-state index contributed by atoms with van der Waals surface area (Å²) >= 11 is 0. The zero-order chi connectivity index (χ0) is 17.8. The van der Waals surface area contributed by atoms with Gasteiger partial charge >= 0.3 is 0 Å². The molecule has 1 aromatic carbocycles. The van der Waals surface area contributed by atoms with E-state index in [1.54, 1.807) is 24.0 Å². The molecule has 0 bridgehead atoms. The molecule has 2 aromatic rings. The van der Waals surface area contributed by atoms with E-state index in [0.29, 0.717) is 25.4 Å². The van der Waals surface area contributed by atoms with Crippen molar-refractivity contribution in [3.63, 3.8) is 0 Å². The van der Waals surface area contributed by atoms with Gasteiger partial charge in [-0.25, -0.2) is 4.39 Å². The Morgan fingerprint density at radius 3 is 2.84 bits per heavy atom. The Balaban J connectivity index is 1.61. The third kappa shape index (κ3) is 4.26. The van der Waals surface area contributed by atoms with E-state index in [-0.39, 0.29) is 28.6 Å². The molecule has 1 aliphatic heterocycles. The summed E-state index contributed by atoms with van der Waals surface area (Å²) in [5, 5.41) is 0. The number of aromatic nitrogens is 1. The van der Waals surface area contributed by atoms with Crippen molar-refractivity contribution in [1.29, 1.82) is 0 Å². The first-order chi connectivity index (χ1) is 12.0. The Bertz CT molecular complexity index is 801. The third-order valence-corrected chi connectivity index (χ3v) is 4.39. The van der Waals surface area contributed by atoms with Gasteiger partial charge in [0.1, 0.15) is 17.1 Å². The number of amides is 1. The zero-order valence-corrected chi connectivity index (χ0v) is 14.1. The van der Waals surface area contributed by atoms with Gasteiger partial charge in [0.25, 0.3) is 5.91 Å². The Labute approximate surface area is 145 Å². The van der Waals surface area contributed by atoms with Crippen LogP contribution in [0.5, 0.6) is 5.75 Å². The van der Waals surface area contributed by atoms with Crippen molar-refractivity contribution < 1.29 is 13.9 Å².